The Bertz CT molecular complexity index is 1560. The smallest absolute Gasteiger partial charge is 0.328 e. The van der Waals surface area contributed by atoms with Crippen LogP contribution in [0.1, 0.15) is 62.6 Å². The molecule has 1 aromatic heterocycles. The minimum atomic E-state index is -1.45. The first-order valence-electron chi connectivity index (χ1n) is 14.1. The molecule has 0 bridgehead atoms. The maximum atomic E-state index is 16.2. The van der Waals surface area contributed by atoms with Crippen LogP contribution in [0, 0.1) is 11.2 Å². The van der Waals surface area contributed by atoms with Crippen LogP contribution in [0.15, 0.2) is 42.6 Å². The van der Waals surface area contributed by atoms with Gasteiger partial charge in [-0.2, -0.15) is 0 Å². The number of piperidine rings is 1. The lowest BCUT2D eigenvalue weighted by Crippen LogP contribution is -2.55. The van der Waals surface area contributed by atoms with Gasteiger partial charge in [0, 0.05) is 59.6 Å². The number of benzene rings is 2. The molecular formula is C31H34ClFN4O4. The molecule has 2 aliphatic heterocycles. The lowest BCUT2D eigenvalue weighted by Gasteiger charge is -2.50. The number of likely N-dealkylation sites (tertiary alicyclic amines) is 1. The Balaban J connectivity index is 1.26. The first-order chi connectivity index (χ1) is 19.4. The maximum absolute atomic E-state index is 16.2. The van der Waals surface area contributed by atoms with E-state index in [1.807, 2.05) is 32.0 Å². The zero-order chi connectivity index (χ0) is 29.2. The van der Waals surface area contributed by atoms with Crippen molar-refractivity contribution in [2.24, 2.45) is 5.41 Å². The van der Waals surface area contributed by atoms with Crippen LogP contribution in [0.25, 0.3) is 10.9 Å². The Hall–Kier alpha value is -3.11. The van der Waals surface area contributed by atoms with Gasteiger partial charge in [0.25, 0.3) is 0 Å². The highest BCUT2D eigenvalue weighted by Gasteiger charge is 2.50. The molecule has 1 aliphatic carbocycles. The fraction of sp³-hybridized carbons (Fsp3) is 0.452. The Kier molecular flexibility index (Phi) is 6.85. The van der Waals surface area contributed by atoms with Gasteiger partial charge in [0.2, 0.25) is 5.91 Å². The number of fused-ring (bicyclic) bond motifs is 1. The minimum absolute atomic E-state index is 0.148. The Morgan fingerprint density at radius 2 is 1.83 bits per heavy atom. The van der Waals surface area contributed by atoms with Gasteiger partial charge in [-0.1, -0.05) is 43.6 Å². The molecular weight excluding hydrogens is 547 g/mol. The molecule has 3 heterocycles. The summed E-state index contributed by atoms with van der Waals surface area (Å²) in [6.45, 7) is 5.74. The summed E-state index contributed by atoms with van der Waals surface area (Å²) in [5, 5.41) is 26.0. The van der Waals surface area contributed by atoms with Gasteiger partial charge >= 0.3 is 6.03 Å². The van der Waals surface area contributed by atoms with E-state index in [4.69, 9.17) is 11.6 Å². The van der Waals surface area contributed by atoms with E-state index in [1.54, 1.807) is 18.2 Å². The molecule has 8 nitrogen and oxygen atoms in total. The van der Waals surface area contributed by atoms with Gasteiger partial charge in [-0.25, -0.2) is 9.18 Å². The van der Waals surface area contributed by atoms with Crippen molar-refractivity contribution in [3.05, 3.63) is 70.1 Å². The molecule has 216 valence electrons. The zero-order valence-corrected chi connectivity index (χ0v) is 24.0. The summed E-state index contributed by atoms with van der Waals surface area (Å²) in [4.78, 5) is 31.9. The van der Waals surface area contributed by atoms with Crippen molar-refractivity contribution >= 4 is 40.1 Å². The second-order valence-corrected chi connectivity index (χ2v) is 12.8. The number of halogens is 2. The van der Waals surface area contributed by atoms with E-state index in [9.17, 15) is 19.8 Å². The second-order valence-electron chi connectivity index (χ2n) is 12.3. The van der Waals surface area contributed by atoms with E-state index in [0.29, 0.717) is 55.1 Å². The molecule has 0 unspecified atom stereocenters. The first kappa shape index (κ1) is 28.0. The molecule has 6 rings (SSSR count). The molecule has 2 saturated heterocycles. The van der Waals surface area contributed by atoms with Crippen LogP contribution in [0.4, 0.5) is 14.9 Å². The van der Waals surface area contributed by atoms with E-state index in [0.717, 1.165) is 17.5 Å². The number of carbonyl (C=O) groups is 2. The third-order valence-electron chi connectivity index (χ3n) is 9.24. The topological polar surface area (TPSA) is 106 Å². The monoisotopic (exact) mass is 580 g/mol. The van der Waals surface area contributed by atoms with Crippen LogP contribution in [0.3, 0.4) is 0 Å². The molecule has 41 heavy (non-hydrogen) atoms. The number of hydrogen-bond acceptors (Lipinski definition) is 6. The van der Waals surface area contributed by atoms with E-state index in [2.05, 4.69) is 15.2 Å². The summed E-state index contributed by atoms with van der Waals surface area (Å²) >= 11 is 6.43. The SMILES string of the molecule is CC1(C)CN(Cc2ccc(Cl)c(C3(O)CCC3)c2)CC[C@]1(O)c1ccc2ncc(N3CCC(=O)NC3=O)cc2c1F. The van der Waals surface area contributed by atoms with Crippen molar-refractivity contribution in [1.82, 2.24) is 15.2 Å². The molecule has 3 N–H and O–H groups in total. The number of anilines is 1. The van der Waals surface area contributed by atoms with E-state index < -0.39 is 28.5 Å². The van der Waals surface area contributed by atoms with Crippen LogP contribution in [-0.2, 0) is 22.5 Å². The molecule has 10 heteroatoms. The number of nitrogens with one attached hydrogen (secondary N) is 1. The molecule has 1 saturated carbocycles. The Morgan fingerprint density at radius 1 is 1.05 bits per heavy atom. The molecule has 3 amide bonds. The van der Waals surface area contributed by atoms with Crippen molar-refractivity contribution in [3.63, 3.8) is 0 Å². The number of hydrogen-bond donors (Lipinski definition) is 3. The molecule has 3 aliphatic rings. The van der Waals surface area contributed by atoms with E-state index >= 15 is 4.39 Å². The zero-order valence-electron chi connectivity index (χ0n) is 23.2. The fourth-order valence-corrected chi connectivity index (χ4v) is 6.85. The largest absolute Gasteiger partial charge is 0.385 e. The van der Waals surface area contributed by atoms with Crippen molar-refractivity contribution in [2.75, 3.05) is 24.5 Å². The molecule has 3 aromatic rings. The average Bonchev–Trinajstić information content (AvgIpc) is 2.90. The quantitative estimate of drug-likeness (QED) is 0.394. The summed E-state index contributed by atoms with van der Waals surface area (Å²) in [6.07, 6.45) is 4.34. The van der Waals surface area contributed by atoms with Gasteiger partial charge in [0.1, 0.15) is 5.82 Å². The molecule has 3 fully saturated rings. The summed E-state index contributed by atoms with van der Waals surface area (Å²) in [7, 11) is 0. The number of amides is 3. The predicted octanol–water partition coefficient (Wildman–Crippen LogP) is 4.96. The van der Waals surface area contributed by atoms with Crippen molar-refractivity contribution in [3.8, 4) is 0 Å². The van der Waals surface area contributed by atoms with Crippen LogP contribution in [0.2, 0.25) is 5.02 Å². The number of nitrogens with zero attached hydrogens (tertiary/aromatic N) is 3. The number of rotatable bonds is 5. The predicted molar refractivity (Wildman–Crippen MR) is 154 cm³/mol. The Labute approximate surface area is 243 Å². The van der Waals surface area contributed by atoms with Gasteiger partial charge in [-0.15, -0.1) is 0 Å². The first-order valence-corrected chi connectivity index (χ1v) is 14.4. The lowest BCUT2D eigenvalue weighted by molar-refractivity contribution is -0.128. The van der Waals surface area contributed by atoms with Gasteiger partial charge in [0.15, 0.2) is 0 Å². The highest BCUT2D eigenvalue weighted by Crippen LogP contribution is 2.48. The van der Waals surface area contributed by atoms with E-state index in [-0.39, 0.29) is 29.8 Å². The van der Waals surface area contributed by atoms with Crippen LogP contribution >= 0.6 is 11.6 Å². The van der Waals surface area contributed by atoms with Crippen molar-refractivity contribution in [1.29, 1.82) is 0 Å². The van der Waals surface area contributed by atoms with Gasteiger partial charge in [-0.05, 0) is 49.4 Å². The lowest BCUT2D eigenvalue weighted by atomic mass is 9.66. The Morgan fingerprint density at radius 3 is 2.51 bits per heavy atom. The molecule has 1 atom stereocenters. The summed E-state index contributed by atoms with van der Waals surface area (Å²) < 4.78 is 16.2. The molecule has 0 spiro atoms. The van der Waals surface area contributed by atoms with Gasteiger partial charge in [-0.3, -0.25) is 24.9 Å². The third-order valence-corrected chi connectivity index (χ3v) is 9.57. The minimum Gasteiger partial charge on any atom is -0.385 e. The van der Waals surface area contributed by atoms with Crippen molar-refractivity contribution in [2.45, 2.75) is 63.7 Å². The molecule has 0 radical (unpaired) electrons. The number of carbonyl (C=O) groups excluding carboxylic acids is 2. The summed E-state index contributed by atoms with van der Waals surface area (Å²) in [5.74, 6) is -0.915. The molecule has 2 aromatic carbocycles. The van der Waals surface area contributed by atoms with Gasteiger partial charge < -0.3 is 10.2 Å². The third kappa shape index (κ3) is 4.78. The summed E-state index contributed by atoms with van der Waals surface area (Å²) in [5.41, 5.74) is -0.208. The van der Waals surface area contributed by atoms with E-state index in [1.165, 1.54) is 11.1 Å². The van der Waals surface area contributed by atoms with Crippen LogP contribution < -0.4 is 10.2 Å². The number of imide groups is 1. The van der Waals surface area contributed by atoms with Crippen molar-refractivity contribution < 1.29 is 24.2 Å². The number of aromatic nitrogens is 1. The normalized spacial score (nSPS) is 24.3. The number of pyridine rings is 1. The second kappa shape index (κ2) is 10.0. The highest BCUT2D eigenvalue weighted by atomic mass is 35.5. The van der Waals surface area contributed by atoms with Gasteiger partial charge in [0.05, 0.1) is 28.6 Å². The highest BCUT2D eigenvalue weighted by molar-refractivity contribution is 6.31. The summed E-state index contributed by atoms with van der Waals surface area (Å²) in [6, 6.07) is 10.1. The maximum Gasteiger partial charge on any atom is 0.328 e. The fourth-order valence-electron chi connectivity index (χ4n) is 6.56. The standard InChI is InChI=1S/C31H34ClFN4O4/c1-29(2)18-36(17-19-4-6-24(32)23(14-19)30(40)9-3-10-30)13-11-31(29,41)22-5-7-25-21(27(22)33)15-20(16-34-25)37-12-8-26(38)35-28(37)39/h4-7,14-16,40-41H,3,8-13,17-18H2,1-2H3,(H,35,38,39)/t31-/m0/s1. The van der Waals surface area contributed by atoms with Crippen LogP contribution in [0.5, 0.6) is 0 Å². The number of aliphatic hydroxyl groups is 2. The van der Waals surface area contributed by atoms with Crippen LogP contribution in [-0.4, -0.2) is 51.7 Å². The average molecular weight is 581 g/mol. The number of urea groups is 1.